The number of hydrogen-bond donors (Lipinski definition) is 1. The van der Waals surface area contributed by atoms with E-state index in [4.69, 9.17) is 0 Å². The Labute approximate surface area is 127 Å². The van der Waals surface area contributed by atoms with Gasteiger partial charge in [0.15, 0.2) is 0 Å². The number of hydrogen-bond acceptors (Lipinski definition) is 3. The summed E-state index contributed by atoms with van der Waals surface area (Å²) in [6, 6.07) is 16.5. The van der Waals surface area contributed by atoms with E-state index in [1.165, 1.54) is 5.39 Å². The van der Waals surface area contributed by atoms with Crippen molar-refractivity contribution in [3.8, 4) is 6.07 Å². The first-order valence-corrected chi connectivity index (χ1v) is 7.63. The summed E-state index contributed by atoms with van der Waals surface area (Å²) >= 11 is 0. The standard InChI is InChI=1S/C18H23N3/c1-3-21(4-2)13-12-20-18(14-19)17-11-7-9-15-8-5-6-10-16(15)17/h5-11,18,20H,3-4,12-13H2,1-2H3. The lowest BCUT2D eigenvalue weighted by Crippen LogP contribution is -2.33. The first kappa shape index (κ1) is 15.5. The molecule has 3 nitrogen and oxygen atoms in total. The molecule has 0 saturated carbocycles. The highest BCUT2D eigenvalue weighted by Crippen LogP contribution is 2.23. The average Bonchev–Trinajstić information content (AvgIpc) is 2.55. The van der Waals surface area contributed by atoms with Crippen molar-refractivity contribution in [3.05, 3.63) is 48.0 Å². The number of likely N-dealkylation sites (N-methyl/N-ethyl adjacent to an activating group) is 1. The molecule has 21 heavy (non-hydrogen) atoms. The summed E-state index contributed by atoms with van der Waals surface area (Å²) < 4.78 is 0. The molecule has 0 heterocycles. The number of rotatable bonds is 7. The Hall–Kier alpha value is -1.89. The van der Waals surface area contributed by atoms with E-state index in [-0.39, 0.29) is 6.04 Å². The van der Waals surface area contributed by atoms with Crippen LogP contribution in [0.15, 0.2) is 42.5 Å². The molecule has 0 radical (unpaired) electrons. The van der Waals surface area contributed by atoms with Gasteiger partial charge < -0.3 is 4.90 Å². The van der Waals surface area contributed by atoms with Crippen LogP contribution < -0.4 is 5.32 Å². The number of nitriles is 1. The molecule has 0 saturated heterocycles. The fourth-order valence-electron chi connectivity index (χ4n) is 2.63. The van der Waals surface area contributed by atoms with Crippen LogP contribution in [-0.4, -0.2) is 31.1 Å². The molecule has 110 valence electrons. The predicted molar refractivity (Wildman–Crippen MR) is 88.1 cm³/mol. The van der Waals surface area contributed by atoms with E-state index in [1.54, 1.807) is 0 Å². The van der Waals surface area contributed by atoms with Gasteiger partial charge in [-0.15, -0.1) is 0 Å². The van der Waals surface area contributed by atoms with Gasteiger partial charge in [-0.25, -0.2) is 0 Å². The molecule has 0 aliphatic heterocycles. The van der Waals surface area contributed by atoms with Crippen LogP contribution >= 0.6 is 0 Å². The van der Waals surface area contributed by atoms with Crippen molar-refractivity contribution in [2.24, 2.45) is 0 Å². The summed E-state index contributed by atoms with van der Waals surface area (Å²) in [7, 11) is 0. The maximum atomic E-state index is 9.49. The van der Waals surface area contributed by atoms with Crippen molar-refractivity contribution in [2.45, 2.75) is 19.9 Å². The third kappa shape index (κ3) is 3.81. The second-order valence-electron chi connectivity index (χ2n) is 5.11. The molecule has 2 rings (SSSR count). The maximum absolute atomic E-state index is 9.49. The summed E-state index contributed by atoms with van der Waals surface area (Å²) in [6.45, 7) is 8.21. The molecule has 2 aromatic carbocycles. The highest BCUT2D eigenvalue weighted by molar-refractivity contribution is 5.86. The van der Waals surface area contributed by atoms with Gasteiger partial charge in [0, 0.05) is 13.1 Å². The molecule has 0 aromatic heterocycles. The van der Waals surface area contributed by atoms with Crippen LogP contribution in [0.1, 0.15) is 25.5 Å². The van der Waals surface area contributed by atoms with Crippen molar-refractivity contribution in [1.29, 1.82) is 5.26 Å². The van der Waals surface area contributed by atoms with E-state index in [1.807, 2.05) is 24.3 Å². The second kappa shape index (κ2) is 7.78. The molecule has 0 aliphatic carbocycles. The molecule has 1 unspecified atom stereocenters. The zero-order chi connectivity index (χ0) is 15.1. The Kier molecular flexibility index (Phi) is 5.74. The summed E-state index contributed by atoms with van der Waals surface area (Å²) in [6.07, 6.45) is 0. The first-order chi connectivity index (χ1) is 10.3. The lowest BCUT2D eigenvalue weighted by Gasteiger charge is -2.20. The van der Waals surface area contributed by atoms with Crippen LogP contribution in [0.3, 0.4) is 0 Å². The normalized spacial score (nSPS) is 12.5. The molecule has 1 atom stereocenters. The van der Waals surface area contributed by atoms with Gasteiger partial charge in [-0.1, -0.05) is 56.3 Å². The van der Waals surface area contributed by atoms with Crippen molar-refractivity contribution in [3.63, 3.8) is 0 Å². The van der Waals surface area contributed by atoms with Gasteiger partial charge in [-0.05, 0) is 29.4 Å². The Balaban J connectivity index is 2.12. The zero-order valence-electron chi connectivity index (χ0n) is 12.8. The molecular formula is C18H23N3. The van der Waals surface area contributed by atoms with Crippen molar-refractivity contribution >= 4 is 10.8 Å². The molecule has 0 spiro atoms. The van der Waals surface area contributed by atoms with Gasteiger partial charge in [0.05, 0.1) is 6.07 Å². The minimum absolute atomic E-state index is 0.258. The summed E-state index contributed by atoms with van der Waals surface area (Å²) in [5.74, 6) is 0. The van der Waals surface area contributed by atoms with Gasteiger partial charge in [0.25, 0.3) is 0 Å². The van der Waals surface area contributed by atoms with Gasteiger partial charge in [-0.3, -0.25) is 5.32 Å². The van der Waals surface area contributed by atoms with Gasteiger partial charge in [0.2, 0.25) is 0 Å². The van der Waals surface area contributed by atoms with Crippen molar-refractivity contribution in [1.82, 2.24) is 10.2 Å². The van der Waals surface area contributed by atoms with Gasteiger partial charge in [-0.2, -0.15) is 5.26 Å². The quantitative estimate of drug-likeness (QED) is 0.846. The van der Waals surface area contributed by atoms with Crippen molar-refractivity contribution < 1.29 is 0 Å². The Morgan fingerprint density at radius 3 is 2.52 bits per heavy atom. The first-order valence-electron chi connectivity index (χ1n) is 7.63. The Morgan fingerprint density at radius 2 is 1.81 bits per heavy atom. The molecule has 1 N–H and O–H groups in total. The van der Waals surface area contributed by atoms with Crippen molar-refractivity contribution in [2.75, 3.05) is 26.2 Å². The van der Waals surface area contributed by atoms with Crippen LogP contribution in [-0.2, 0) is 0 Å². The number of nitrogens with zero attached hydrogens (tertiary/aromatic N) is 2. The molecule has 0 bridgehead atoms. The monoisotopic (exact) mass is 281 g/mol. The smallest absolute Gasteiger partial charge is 0.122 e. The number of benzene rings is 2. The molecule has 2 aromatic rings. The lowest BCUT2D eigenvalue weighted by atomic mass is 9.99. The fraction of sp³-hybridized carbons (Fsp3) is 0.389. The summed E-state index contributed by atoms with van der Waals surface area (Å²) in [5, 5.41) is 15.2. The van der Waals surface area contributed by atoms with Crippen LogP contribution in [0, 0.1) is 11.3 Å². The fourth-order valence-corrected chi connectivity index (χ4v) is 2.63. The highest BCUT2D eigenvalue weighted by atomic mass is 15.1. The van der Waals surface area contributed by atoms with Crippen LogP contribution in [0.2, 0.25) is 0 Å². The van der Waals surface area contributed by atoms with E-state index >= 15 is 0 Å². The van der Waals surface area contributed by atoms with E-state index < -0.39 is 0 Å². The Morgan fingerprint density at radius 1 is 1.10 bits per heavy atom. The molecule has 0 fully saturated rings. The van der Waals surface area contributed by atoms with E-state index in [0.29, 0.717) is 0 Å². The van der Waals surface area contributed by atoms with E-state index in [2.05, 4.69) is 48.3 Å². The molecule has 0 amide bonds. The number of nitrogens with one attached hydrogen (secondary N) is 1. The van der Waals surface area contributed by atoms with Crippen LogP contribution in [0.4, 0.5) is 0 Å². The van der Waals surface area contributed by atoms with E-state index in [0.717, 1.165) is 37.1 Å². The Bertz CT molecular complexity index is 606. The average molecular weight is 281 g/mol. The minimum atomic E-state index is -0.258. The predicted octanol–water partition coefficient (Wildman–Crippen LogP) is 3.34. The second-order valence-corrected chi connectivity index (χ2v) is 5.11. The van der Waals surface area contributed by atoms with Crippen LogP contribution in [0.25, 0.3) is 10.8 Å². The summed E-state index contributed by atoms with van der Waals surface area (Å²) in [5.41, 5.74) is 1.06. The maximum Gasteiger partial charge on any atom is 0.122 e. The third-order valence-electron chi connectivity index (χ3n) is 3.93. The highest BCUT2D eigenvalue weighted by Gasteiger charge is 2.12. The SMILES string of the molecule is CCN(CC)CCNC(C#N)c1cccc2ccccc12. The van der Waals surface area contributed by atoms with Crippen LogP contribution in [0.5, 0.6) is 0 Å². The lowest BCUT2D eigenvalue weighted by molar-refractivity contribution is 0.300. The summed E-state index contributed by atoms with van der Waals surface area (Å²) in [4.78, 5) is 2.35. The minimum Gasteiger partial charge on any atom is -0.303 e. The van der Waals surface area contributed by atoms with Gasteiger partial charge in [0.1, 0.15) is 6.04 Å². The number of fused-ring (bicyclic) bond motifs is 1. The largest absolute Gasteiger partial charge is 0.303 e. The van der Waals surface area contributed by atoms with E-state index in [9.17, 15) is 5.26 Å². The topological polar surface area (TPSA) is 39.1 Å². The molecular weight excluding hydrogens is 258 g/mol. The third-order valence-corrected chi connectivity index (χ3v) is 3.93. The molecule has 0 aliphatic rings. The zero-order valence-corrected chi connectivity index (χ0v) is 12.8. The van der Waals surface area contributed by atoms with Gasteiger partial charge >= 0.3 is 0 Å². The molecule has 3 heteroatoms.